The van der Waals surface area contributed by atoms with E-state index in [0.717, 1.165) is 11.1 Å². The molecule has 2 N–H and O–H groups in total. The monoisotopic (exact) mass is 424 g/mol. The Morgan fingerprint density at radius 1 is 0.767 bits per heavy atom. The van der Waals surface area contributed by atoms with Gasteiger partial charge in [-0.3, -0.25) is 20.4 Å². The average molecular weight is 425 g/mol. The molecule has 3 aromatic carbocycles. The molecular formula is C23H21ClN2O4. The predicted molar refractivity (Wildman–Crippen MR) is 114 cm³/mol. The summed E-state index contributed by atoms with van der Waals surface area (Å²) in [6, 6.07) is 23.5. The van der Waals surface area contributed by atoms with Gasteiger partial charge < -0.3 is 9.47 Å². The molecule has 2 amide bonds. The number of nitrogens with one attached hydrogen (secondary N) is 2. The van der Waals surface area contributed by atoms with Crippen LogP contribution < -0.4 is 15.6 Å². The molecule has 3 aromatic rings. The highest BCUT2D eigenvalue weighted by molar-refractivity contribution is 6.30. The number of hydrazine groups is 1. The van der Waals surface area contributed by atoms with Crippen molar-refractivity contribution in [2.24, 2.45) is 0 Å². The SMILES string of the molecule is O=C(COCc1ccccc1)NNC(=O)c1ccc(COc2ccc(Cl)cc2)cc1. The Bertz CT molecular complexity index is 961. The van der Waals surface area contributed by atoms with Gasteiger partial charge in [-0.2, -0.15) is 0 Å². The van der Waals surface area contributed by atoms with Crippen molar-refractivity contribution in [2.45, 2.75) is 13.2 Å². The molecule has 0 fully saturated rings. The molecule has 0 atom stereocenters. The molecule has 0 unspecified atom stereocenters. The summed E-state index contributed by atoms with van der Waals surface area (Å²) in [6.07, 6.45) is 0. The van der Waals surface area contributed by atoms with Crippen LogP contribution in [0.5, 0.6) is 5.75 Å². The molecule has 154 valence electrons. The number of benzene rings is 3. The van der Waals surface area contributed by atoms with Crippen LogP contribution in [0.15, 0.2) is 78.9 Å². The minimum Gasteiger partial charge on any atom is -0.489 e. The lowest BCUT2D eigenvalue weighted by Crippen LogP contribution is -2.43. The van der Waals surface area contributed by atoms with Crippen LogP contribution in [0.2, 0.25) is 5.02 Å². The molecule has 0 radical (unpaired) electrons. The van der Waals surface area contributed by atoms with Crippen LogP contribution >= 0.6 is 11.6 Å². The highest BCUT2D eigenvalue weighted by Crippen LogP contribution is 2.17. The standard InChI is InChI=1S/C23H21ClN2O4/c24-20-10-12-21(13-11-20)30-15-18-6-8-19(9-7-18)23(28)26-25-22(27)16-29-14-17-4-2-1-3-5-17/h1-13H,14-16H2,(H,25,27)(H,26,28). The zero-order valence-corrected chi connectivity index (χ0v) is 16.9. The largest absolute Gasteiger partial charge is 0.489 e. The smallest absolute Gasteiger partial charge is 0.269 e. The summed E-state index contributed by atoms with van der Waals surface area (Å²) >= 11 is 5.84. The number of amides is 2. The fourth-order valence-electron chi connectivity index (χ4n) is 2.52. The number of carbonyl (C=O) groups excluding carboxylic acids is 2. The van der Waals surface area contributed by atoms with E-state index in [1.165, 1.54) is 0 Å². The maximum absolute atomic E-state index is 12.2. The third-order valence-electron chi connectivity index (χ3n) is 4.10. The van der Waals surface area contributed by atoms with Crippen LogP contribution in [0.1, 0.15) is 21.5 Å². The van der Waals surface area contributed by atoms with Gasteiger partial charge in [0.1, 0.15) is 19.0 Å². The lowest BCUT2D eigenvalue weighted by molar-refractivity contribution is -0.126. The van der Waals surface area contributed by atoms with E-state index in [4.69, 9.17) is 21.1 Å². The first kappa shape index (κ1) is 21.4. The maximum atomic E-state index is 12.2. The summed E-state index contributed by atoms with van der Waals surface area (Å²) in [5, 5.41) is 0.646. The Morgan fingerprint density at radius 2 is 1.43 bits per heavy atom. The third-order valence-corrected chi connectivity index (χ3v) is 4.35. The lowest BCUT2D eigenvalue weighted by Gasteiger charge is -2.09. The highest BCUT2D eigenvalue weighted by atomic mass is 35.5. The molecule has 0 saturated carbocycles. The van der Waals surface area contributed by atoms with Gasteiger partial charge >= 0.3 is 0 Å². The van der Waals surface area contributed by atoms with E-state index in [1.807, 2.05) is 30.3 Å². The van der Waals surface area contributed by atoms with E-state index in [0.29, 0.717) is 29.5 Å². The average Bonchev–Trinajstić information content (AvgIpc) is 2.78. The molecular weight excluding hydrogens is 404 g/mol. The Kier molecular flexibility index (Phi) is 7.83. The van der Waals surface area contributed by atoms with Crippen LogP contribution in [0.4, 0.5) is 0 Å². The van der Waals surface area contributed by atoms with Crippen molar-refractivity contribution >= 4 is 23.4 Å². The fourth-order valence-corrected chi connectivity index (χ4v) is 2.65. The fraction of sp³-hybridized carbons (Fsp3) is 0.130. The van der Waals surface area contributed by atoms with Gasteiger partial charge in [0, 0.05) is 10.6 Å². The predicted octanol–water partition coefficient (Wildman–Crippen LogP) is 3.90. The molecule has 0 heterocycles. The van der Waals surface area contributed by atoms with E-state index >= 15 is 0 Å². The quantitative estimate of drug-likeness (QED) is 0.538. The third kappa shape index (κ3) is 6.92. The van der Waals surface area contributed by atoms with Gasteiger partial charge in [-0.1, -0.05) is 54.1 Å². The van der Waals surface area contributed by atoms with Gasteiger partial charge in [-0.05, 0) is 47.5 Å². The van der Waals surface area contributed by atoms with E-state index in [9.17, 15) is 9.59 Å². The normalized spacial score (nSPS) is 10.3. The van der Waals surface area contributed by atoms with Crippen molar-refractivity contribution in [1.82, 2.24) is 10.9 Å². The Hall–Kier alpha value is -3.35. The van der Waals surface area contributed by atoms with Gasteiger partial charge in [-0.15, -0.1) is 0 Å². The summed E-state index contributed by atoms with van der Waals surface area (Å²) in [5.41, 5.74) is 6.98. The molecule has 6 nitrogen and oxygen atoms in total. The van der Waals surface area contributed by atoms with Crippen molar-refractivity contribution in [2.75, 3.05) is 6.61 Å². The molecule has 0 spiro atoms. The molecule has 0 aromatic heterocycles. The maximum Gasteiger partial charge on any atom is 0.269 e. The van der Waals surface area contributed by atoms with E-state index < -0.39 is 11.8 Å². The summed E-state index contributed by atoms with van der Waals surface area (Å²) in [6.45, 7) is 0.525. The molecule has 0 saturated heterocycles. The first-order valence-electron chi connectivity index (χ1n) is 9.28. The number of hydrogen-bond donors (Lipinski definition) is 2. The summed E-state index contributed by atoms with van der Waals surface area (Å²) in [5.74, 6) is -0.151. The van der Waals surface area contributed by atoms with Crippen LogP contribution in [-0.4, -0.2) is 18.4 Å². The van der Waals surface area contributed by atoms with Gasteiger partial charge in [0.05, 0.1) is 6.61 Å². The number of halogens is 1. The first-order valence-corrected chi connectivity index (χ1v) is 9.66. The summed E-state index contributed by atoms with van der Waals surface area (Å²) in [4.78, 5) is 23.9. The zero-order valence-electron chi connectivity index (χ0n) is 16.1. The van der Waals surface area contributed by atoms with Crippen molar-refractivity contribution in [1.29, 1.82) is 0 Å². The van der Waals surface area contributed by atoms with Gasteiger partial charge in [-0.25, -0.2) is 0 Å². The van der Waals surface area contributed by atoms with Crippen LogP contribution in [-0.2, 0) is 22.7 Å². The molecule has 0 bridgehead atoms. The molecule has 7 heteroatoms. The Labute approximate surface area is 179 Å². The topological polar surface area (TPSA) is 76.7 Å². The van der Waals surface area contributed by atoms with E-state index in [1.54, 1.807) is 48.5 Å². The Morgan fingerprint density at radius 3 is 2.13 bits per heavy atom. The van der Waals surface area contributed by atoms with Crippen LogP contribution in [0, 0.1) is 0 Å². The van der Waals surface area contributed by atoms with E-state index in [-0.39, 0.29) is 6.61 Å². The van der Waals surface area contributed by atoms with Crippen molar-refractivity contribution in [3.05, 3.63) is 101 Å². The minimum atomic E-state index is -0.438. The van der Waals surface area contributed by atoms with Gasteiger partial charge in [0.15, 0.2) is 0 Å². The second-order valence-electron chi connectivity index (χ2n) is 6.42. The van der Waals surface area contributed by atoms with Crippen molar-refractivity contribution in [3.8, 4) is 5.75 Å². The summed E-state index contributed by atoms with van der Waals surface area (Å²) < 4.78 is 11.0. The second kappa shape index (κ2) is 11.0. The van der Waals surface area contributed by atoms with Crippen molar-refractivity contribution < 1.29 is 19.1 Å². The van der Waals surface area contributed by atoms with E-state index in [2.05, 4.69) is 10.9 Å². The van der Waals surface area contributed by atoms with Crippen LogP contribution in [0.25, 0.3) is 0 Å². The number of ether oxygens (including phenoxy) is 2. The van der Waals surface area contributed by atoms with Gasteiger partial charge in [0.2, 0.25) is 0 Å². The molecule has 0 aliphatic heterocycles. The van der Waals surface area contributed by atoms with Gasteiger partial charge in [0.25, 0.3) is 11.8 Å². The minimum absolute atomic E-state index is 0.157. The van der Waals surface area contributed by atoms with Crippen LogP contribution in [0.3, 0.4) is 0 Å². The molecule has 3 rings (SSSR count). The number of hydrogen-bond acceptors (Lipinski definition) is 4. The number of carbonyl (C=O) groups is 2. The molecule has 0 aliphatic carbocycles. The molecule has 0 aliphatic rings. The van der Waals surface area contributed by atoms with Crippen molar-refractivity contribution in [3.63, 3.8) is 0 Å². The highest BCUT2D eigenvalue weighted by Gasteiger charge is 2.08. The Balaban J connectivity index is 1.38. The lowest BCUT2D eigenvalue weighted by atomic mass is 10.1. The first-order chi connectivity index (χ1) is 14.6. The molecule has 30 heavy (non-hydrogen) atoms. The second-order valence-corrected chi connectivity index (χ2v) is 6.86. The zero-order chi connectivity index (χ0) is 21.2. The summed E-state index contributed by atoms with van der Waals surface area (Å²) in [7, 11) is 0. The number of rotatable bonds is 8.